The van der Waals surface area contributed by atoms with Crippen molar-refractivity contribution in [2.75, 3.05) is 19.5 Å². The van der Waals surface area contributed by atoms with Crippen LogP contribution in [0.15, 0.2) is 54.6 Å². The molecule has 0 bridgehead atoms. The van der Waals surface area contributed by atoms with Crippen molar-refractivity contribution in [2.45, 2.75) is 69.3 Å². The molecule has 3 aromatic heterocycles. The van der Waals surface area contributed by atoms with Crippen LogP contribution in [0.5, 0.6) is 5.75 Å². The standard InChI is InChI=1S/C42H48ClN5O8S2/c1-46-40-32(31(41(46)42(50)51)12-9-19-56-58(4,52)53)16-17-33(43)38(40)39-34(23-55-37-13-7-8-18-54-37)45-48(3)35(39)25-57-24-28-22-29(47(2)44-28)15-14-26-20-27-10-5-6-11-30(27)36(49)21-26/h5-6,10-11,16-17,20-22,37,49H,7-9,12-15,18-19,23-25H2,1-4H3,(H,50,51). The Kier molecular flexibility index (Phi) is 12.9. The van der Waals surface area contributed by atoms with Crippen molar-refractivity contribution in [2.24, 2.45) is 21.1 Å². The van der Waals surface area contributed by atoms with Crippen LogP contribution < -0.4 is 0 Å². The van der Waals surface area contributed by atoms with Crippen molar-refractivity contribution in [3.8, 4) is 16.9 Å². The van der Waals surface area contributed by atoms with Crippen LogP contribution in [0.3, 0.4) is 0 Å². The SMILES string of the molecule is Cn1nc(CSCc2c(-c3c(Cl)ccc4c(CCCOS(C)(=O)=O)c(C(=O)O)n(C)c34)c(COC3CCCCO3)nn2C)cc1CCc1cc(O)c2ccccc2c1. The predicted octanol–water partition coefficient (Wildman–Crippen LogP) is 7.69. The number of fused-ring (bicyclic) bond motifs is 2. The largest absolute Gasteiger partial charge is 0.507 e. The van der Waals surface area contributed by atoms with Crippen molar-refractivity contribution < 1.29 is 37.1 Å². The van der Waals surface area contributed by atoms with E-state index in [-0.39, 0.29) is 37.4 Å². The average Bonchev–Trinajstić information content (AvgIpc) is 3.80. The van der Waals surface area contributed by atoms with Gasteiger partial charge in [0.2, 0.25) is 0 Å². The molecule has 13 nitrogen and oxygen atoms in total. The number of nitrogens with zero attached hydrogens (tertiary/aromatic N) is 5. The zero-order chi connectivity index (χ0) is 41.1. The lowest BCUT2D eigenvalue weighted by Crippen LogP contribution is -2.22. The van der Waals surface area contributed by atoms with Gasteiger partial charge < -0.3 is 24.3 Å². The average molecular weight is 850 g/mol. The maximum absolute atomic E-state index is 12.8. The number of aromatic hydroxyl groups is 1. The highest BCUT2D eigenvalue weighted by Gasteiger charge is 2.29. The van der Waals surface area contributed by atoms with Gasteiger partial charge >= 0.3 is 5.97 Å². The van der Waals surface area contributed by atoms with Gasteiger partial charge in [0.15, 0.2) is 6.29 Å². The van der Waals surface area contributed by atoms with Crippen molar-refractivity contribution >= 4 is 61.1 Å². The molecule has 1 saturated heterocycles. The van der Waals surface area contributed by atoms with E-state index in [1.54, 1.807) is 29.4 Å². The monoisotopic (exact) mass is 849 g/mol. The maximum atomic E-state index is 12.8. The fourth-order valence-electron chi connectivity index (χ4n) is 7.91. The molecule has 0 radical (unpaired) electrons. The molecule has 0 amide bonds. The van der Waals surface area contributed by atoms with Crippen molar-refractivity contribution in [1.29, 1.82) is 0 Å². The lowest BCUT2D eigenvalue weighted by molar-refractivity contribution is -0.169. The Hall–Kier alpha value is -4.38. The van der Waals surface area contributed by atoms with Gasteiger partial charge in [-0.15, -0.1) is 11.8 Å². The number of rotatable bonds is 17. The predicted molar refractivity (Wildman–Crippen MR) is 226 cm³/mol. The number of hydrogen-bond donors (Lipinski definition) is 2. The van der Waals surface area contributed by atoms with Crippen LogP contribution in [0.1, 0.15) is 70.1 Å². The van der Waals surface area contributed by atoms with Gasteiger partial charge in [0.25, 0.3) is 10.1 Å². The van der Waals surface area contributed by atoms with Gasteiger partial charge in [0.05, 0.1) is 47.1 Å². The number of carbonyl (C=O) groups is 1. The van der Waals surface area contributed by atoms with E-state index in [2.05, 4.69) is 12.1 Å². The molecular weight excluding hydrogens is 802 g/mol. The minimum atomic E-state index is -3.64. The molecule has 1 unspecified atom stereocenters. The topological polar surface area (TPSA) is 160 Å². The molecule has 0 aliphatic carbocycles. The third-order valence-electron chi connectivity index (χ3n) is 10.6. The number of phenolic OH excluding ortho intramolecular Hbond substituents is 1. The fraction of sp³-hybridized carbons (Fsp3) is 0.405. The number of thioether (sulfide) groups is 1. The van der Waals surface area contributed by atoms with Gasteiger partial charge in [-0.2, -0.15) is 18.6 Å². The Morgan fingerprint density at radius 2 is 1.79 bits per heavy atom. The van der Waals surface area contributed by atoms with Crippen molar-refractivity contribution in [1.82, 2.24) is 24.1 Å². The molecule has 1 aliphatic heterocycles. The van der Waals surface area contributed by atoms with Crippen LogP contribution in [0.2, 0.25) is 5.02 Å². The Morgan fingerprint density at radius 3 is 2.55 bits per heavy atom. The number of ether oxygens (including phenoxy) is 2. The van der Waals surface area contributed by atoms with Crippen LogP contribution >= 0.6 is 23.4 Å². The van der Waals surface area contributed by atoms with E-state index in [0.29, 0.717) is 57.3 Å². The van der Waals surface area contributed by atoms with Crippen LogP contribution in [0.4, 0.5) is 0 Å². The molecule has 16 heteroatoms. The first-order valence-electron chi connectivity index (χ1n) is 19.2. The number of carboxylic acids is 1. The Balaban J connectivity index is 1.17. The van der Waals surface area contributed by atoms with Crippen molar-refractivity contribution in [3.05, 3.63) is 99.2 Å². The molecule has 58 heavy (non-hydrogen) atoms. The van der Waals surface area contributed by atoms with E-state index < -0.39 is 16.1 Å². The summed E-state index contributed by atoms with van der Waals surface area (Å²) in [6, 6.07) is 17.5. The first kappa shape index (κ1) is 41.8. The molecule has 2 N–H and O–H groups in total. The second-order valence-electron chi connectivity index (χ2n) is 14.7. The zero-order valence-electron chi connectivity index (χ0n) is 33.0. The summed E-state index contributed by atoms with van der Waals surface area (Å²) in [5.74, 6) is 0.345. The van der Waals surface area contributed by atoms with Crippen LogP contribution in [0, 0.1) is 0 Å². The quantitative estimate of drug-likeness (QED) is 0.0684. The molecule has 1 fully saturated rings. The van der Waals surface area contributed by atoms with Gasteiger partial charge in [-0.25, -0.2) is 4.79 Å². The van der Waals surface area contributed by atoms with E-state index in [9.17, 15) is 23.4 Å². The number of phenols is 1. The normalized spacial score (nSPS) is 14.9. The summed E-state index contributed by atoms with van der Waals surface area (Å²) in [7, 11) is 1.90. The Morgan fingerprint density at radius 1 is 0.983 bits per heavy atom. The van der Waals surface area contributed by atoms with E-state index in [0.717, 1.165) is 77.3 Å². The summed E-state index contributed by atoms with van der Waals surface area (Å²) >= 11 is 8.79. The third kappa shape index (κ3) is 9.24. The first-order valence-corrected chi connectivity index (χ1v) is 22.6. The van der Waals surface area contributed by atoms with Crippen LogP contribution in [0.25, 0.3) is 32.8 Å². The molecular formula is C42H48ClN5O8S2. The molecule has 308 valence electrons. The van der Waals surface area contributed by atoms with E-state index >= 15 is 0 Å². The van der Waals surface area contributed by atoms with E-state index in [1.165, 1.54) is 0 Å². The number of aryl methyl sites for hydroxylation is 6. The van der Waals surface area contributed by atoms with Gasteiger partial charge in [-0.05, 0) is 79.7 Å². The fourth-order valence-corrected chi connectivity index (χ4v) is 9.55. The molecule has 6 aromatic rings. The number of carboxylic acid groups (broad SMARTS) is 1. The summed E-state index contributed by atoms with van der Waals surface area (Å²) in [6.45, 7) is 0.722. The third-order valence-corrected chi connectivity index (χ3v) is 12.5. The van der Waals surface area contributed by atoms with Crippen LogP contribution in [-0.4, -0.2) is 74.5 Å². The molecule has 3 aromatic carbocycles. The van der Waals surface area contributed by atoms with Gasteiger partial charge in [-0.3, -0.25) is 13.5 Å². The highest BCUT2D eigenvalue weighted by molar-refractivity contribution is 7.97. The number of aromatic carboxylic acids is 1. The highest BCUT2D eigenvalue weighted by Crippen LogP contribution is 2.43. The second-order valence-corrected chi connectivity index (χ2v) is 17.8. The van der Waals surface area contributed by atoms with Gasteiger partial charge in [-0.1, -0.05) is 48.0 Å². The lowest BCUT2D eigenvalue weighted by Gasteiger charge is -2.22. The highest BCUT2D eigenvalue weighted by atomic mass is 35.5. The second kappa shape index (κ2) is 17.9. The Bertz CT molecular complexity index is 2580. The number of halogens is 1. The van der Waals surface area contributed by atoms with Crippen molar-refractivity contribution in [3.63, 3.8) is 0 Å². The Labute approximate surface area is 347 Å². The summed E-state index contributed by atoms with van der Waals surface area (Å²) in [6.07, 6.45) is 5.50. The number of hydrogen-bond acceptors (Lipinski definition) is 10. The minimum Gasteiger partial charge on any atom is -0.507 e. The zero-order valence-corrected chi connectivity index (χ0v) is 35.4. The summed E-state index contributed by atoms with van der Waals surface area (Å²) in [5, 5.41) is 33.8. The molecule has 0 spiro atoms. The van der Waals surface area contributed by atoms with Gasteiger partial charge in [0, 0.05) is 66.8 Å². The molecule has 7 rings (SSSR count). The summed E-state index contributed by atoms with van der Waals surface area (Å²) in [5.41, 5.74) is 7.33. The number of benzene rings is 3. The minimum absolute atomic E-state index is 0.0732. The molecule has 1 atom stereocenters. The van der Waals surface area contributed by atoms with Crippen LogP contribution in [-0.2, 0) is 82.3 Å². The smallest absolute Gasteiger partial charge is 0.352 e. The van der Waals surface area contributed by atoms with Gasteiger partial charge in [0.1, 0.15) is 11.4 Å². The summed E-state index contributed by atoms with van der Waals surface area (Å²) < 4.78 is 45.7. The summed E-state index contributed by atoms with van der Waals surface area (Å²) in [4.78, 5) is 12.8. The van der Waals surface area contributed by atoms with E-state index in [4.69, 9.17) is 35.5 Å². The van der Waals surface area contributed by atoms with E-state index in [1.807, 2.05) is 59.9 Å². The number of aromatic nitrogens is 5. The molecule has 4 heterocycles. The molecule has 0 saturated carbocycles. The first-order chi connectivity index (χ1) is 27.8. The molecule has 1 aliphatic rings. The maximum Gasteiger partial charge on any atom is 0.352 e. The lowest BCUT2D eigenvalue weighted by atomic mass is 9.98.